The predicted octanol–water partition coefficient (Wildman–Crippen LogP) is 4.99. The van der Waals surface area contributed by atoms with Crippen molar-refractivity contribution >= 4 is 15.7 Å². The SMILES string of the molecule is CC(C)(C)CC(=O)N(Cc1cnc(S(=O)(=O)Cc2ccc(F)cc2)n1Cc1ccccc1)C[C@@H]1CCCO1. The van der Waals surface area contributed by atoms with Crippen molar-refractivity contribution in [1.82, 2.24) is 14.5 Å². The molecule has 1 aliphatic heterocycles. The molecule has 4 rings (SSSR count). The number of benzene rings is 2. The zero-order valence-corrected chi connectivity index (χ0v) is 23.1. The largest absolute Gasteiger partial charge is 0.376 e. The average Bonchev–Trinajstić information content (AvgIpc) is 3.50. The summed E-state index contributed by atoms with van der Waals surface area (Å²) >= 11 is 0. The molecular formula is C29H36FN3O4S. The summed E-state index contributed by atoms with van der Waals surface area (Å²) in [5, 5.41) is -0.0685. The van der Waals surface area contributed by atoms with E-state index in [9.17, 15) is 17.6 Å². The zero-order chi connectivity index (χ0) is 27.3. The molecule has 1 atom stereocenters. The van der Waals surface area contributed by atoms with Crippen LogP contribution in [-0.2, 0) is 38.2 Å². The fourth-order valence-corrected chi connectivity index (χ4v) is 6.11. The van der Waals surface area contributed by atoms with E-state index in [4.69, 9.17) is 4.74 Å². The van der Waals surface area contributed by atoms with E-state index in [0.29, 0.717) is 30.8 Å². The predicted molar refractivity (Wildman–Crippen MR) is 144 cm³/mol. The van der Waals surface area contributed by atoms with Crippen molar-refractivity contribution in [2.45, 2.75) is 70.1 Å². The summed E-state index contributed by atoms with van der Waals surface area (Å²) in [5.41, 5.74) is 1.82. The second-order valence-electron chi connectivity index (χ2n) is 11.1. The first-order valence-corrected chi connectivity index (χ1v) is 14.6. The molecule has 0 N–H and O–H groups in total. The summed E-state index contributed by atoms with van der Waals surface area (Å²) in [6, 6.07) is 15.0. The smallest absolute Gasteiger partial charge is 0.228 e. The number of hydrogen-bond donors (Lipinski definition) is 0. The summed E-state index contributed by atoms with van der Waals surface area (Å²) in [4.78, 5) is 19.5. The lowest BCUT2D eigenvalue weighted by atomic mass is 9.91. The standard InChI is InChI=1S/C29H36FN3O4S/c1-29(2,3)16-27(34)32(20-26-10-7-15-37-26)19-25-17-31-28(33(25)18-22-8-5-4-6-9-22)38(35,36)21-23-11-13-24(30)14-12-23/h4-6,8-9,11-14,17,26H,7,10,15-16,18-21H2,1-3H3/t26-/m0/s1. The average molecular weight is 542 g/mol. The van der Waals surface area contributed by atoms with Gasteiger partial charge in [-0.1, -0.05) is 63.2 Å². The summed E-state index contributed by atoms with van der Waals surface area (Å²) in [5.74, 6) is -0.734. The van der Waals surface area contributed by atoms with Gasteiger partial charge in [0, 0.05) is 19.6 Å². The van der Waals surface area contributed by atoms with Crippen LogP contribution in [0.15, 0.2) is 66.0 Å². The zero-order valence-electron chi connectivity index (χ0n) is 22.3. The summed E-state index contributed by atoms with van der Waals surface area (Å²) in [7, 11) is -3.86. The van der Waals surface area contributed by atoms with Gasteiger partial charge in [-0.2, -0.15) is 0 Å². The lowest BCUT2D eigenvalue weighted by molar-refractivity contribution is -0.135. The maximum Gasteiger partial charge on any atom is 0.228 e. The van der Waals surface area contributed by atoms with Crippen LogP contribution in [0.1, 0.15) is 56.9 Å². The Morgan fingerprint density at radius 1 is 1.11 bits per heavy atom. The van der Waals surface area contributed by atoms with Gasteiger partial charge in [-0.3, -0.25) is 4.79 Å². The maximum atomic E-state index is 13.5. The molecule has 2 aromatic carbocycles. The number of aromatic nitrogens is 2. The summed E-state index contributed by atoms with van der Waals surface area (Å²) in [6.07, 6.45) is 3.73. The van der Waals surface area contributed by atoms with E-state index < -0.39 is 15.7 Å². The molecule has 1 fully saturated rings. The highest BCUT2D eigenvalue weighted by atomic mass is 32.2. The Labute approximate surface area is 224 Å². The first kappa shape index (κ1) is 28.0. The molecule has 0 radical (unpaired) electrons. The van der Waals surface area contributed by atoms with Crippen LogP contribution in [0.4, 0.5) is 4.39 Å². The minimum absolute atomic E-state index is 0.00354. The number of imidazole rings is 1. The Morgan fingerprint density at radius 3 is 2.45 bits per heavy atom. The van der Waals surface area contributed by atoms with Crippen LogP contribution in [0, 0.1) is 11.2 Å². The number of hydrogen-bond acceptors (Lipinski definition) is 5. The first-order chi connectivity index (χ1) is 18.0. The highest BCUT2D eigenvalue weighted by Gasteiger charge is 2.29. The fourth-order valence-electron chi connectivity index (χ4n) is 4.62. The van der Waals surface area contributed by atoms with Crippen molar-refractivity contribution in [1.29, 1.82) is 0 Å². The first-order valence-electron chi connectivity index (χ1n) is 12.9. The molecule has 0 bridgehead atoms. The molecule has 1 aliphatic rings. The van der Waals surface area contributed by atoms with Crippen LogP contribution in [0.2, 0.25) is 0 Å². The van der Waals surface area contributed by atoms with Crippen molar-refractivity contribution in [3.63, 3.8) is 0 Å². The van der Waals surface area contributed by atoms with Gasteiger partial charge < -0.3 is 14.2 Å². The molecule has 1 amide bonds. The van der Waals surface area contributed by atoms with Crippen LogP contribution in [0.5, 0.6) is 0 Å². The number of amides is 1. The van der Waals surface area contributed by atoms with Gasteiger partial charge in [0.05, 0.1) is 36.8 Å². The Hall–Kier alpha value is -3.04. The molecule has 7 nitrogen and oxygen atoms in total. The quantitative estimate of drug-likeness (QED) is 0.361. The van der Waals surface area contributed by atoms with Gasteiger partial charge in [0.1, 0.15) is 5.82 Å². The van der Waals surface area contributed by atoms with Crippen LogP contribution < -0.4 is 0 Å². The van der Waals surface area contributed by atoms with E-state index in [1.807, 2.05) is 51.1 Å². The van der Waals surface area contributed by atoms with E-state index in [-0.39, 0.29) is 41.4 Å². The van der Waals surface area contributed by atoms with E-state index in [1.165, 1.54) is 24.3 Å². The van der Waals surface area contributed by atoms with Crippen molar-refractivity contribution in [3.05, 3.63) is 83.4 Å². The highest BCUT2D eigenvalue weighted by Crippen LogP contribution is 2.25. The van der Waals surface area contributed by atoms with Gasteiger partial charge in [-0.15, -0.1) is 0 Å². The third kappa shape index (κ3) is 7.51. The minimum atomic E-state index is -3.86. The second kappa shape index (κ2) is 11.8. The van der Waals surface area contributed by atoms with Crippen LogP contribution in [0.3, 0.4) is 0 Å². The van der Waals surface area contributed by atoms with E-state index in [0.717, 1.165) is 18.4 Å². The fraction of sp³-hybridized carbons (Fsp3) is 0.448. The van der Waals surface area contributed by atoms with Gasteiger partial charge in [-0.05, 0) is 41.5 Å². The third-order valence-electron chi connectivity index (χ3n) is 6.47. The molecule has 0 aliphatic carbocycles. The maximum absolute atomic E-state index is 13.5. The molecule has 1 aromatic heterocycles. The molecule has 0 saturated carbocycles. The molecule has 38 heavy (non-hydrogen) atoms. The Bertz CT molecular complexity index is 1330. The Balaban J connectivity index is 1.68. The molecule has 204 valence electrons. The van der Waals surface area contributed by atoms with Crippen LogP contribution in [0.25, 0.3) is 0 Å². The number of sulfone groups is 1. The van der Waals surface area contributed by atoms with Gasteiger partial charge >= 0.3 is 0 Å². The van der Waals surface area contributed by atoms with Crippen LogP contribution >= 0.6 is 0 Å². The molecule has 0 unspecified atom stereocenters. The van der Waals surface area contributed by atoms with Gasteiger partial charge in [0.2, 0.25) is 20.9 Å². The van der Waals surface area contributed by atoms with Gasteiger partial charge in [0.15, 0.2) is 0 Å². The third-order valence-corrected chi connectivity index (χ3v) is 8.06. The molecule has 0 spiro atoms. The molecule has 1 saturated heterocycles. The van der Waals surface area contributed by atoms with E-state index >= 15 is 0 Å². The Morgan fingerprint density at radius 2 is 1.82 bits per heavy atom. The molecular weight excluding hydrogens is 505 g/mol. The monoisotopic (exact) mass is 541 g/mol. The van der Waals surface area contributed by atoms with Gasteiger partial charge in [-0.25, -0.2) is 17.8 Å². The Kier molecular flexibility index (Phi) is 8.67. The summed E-state index contributed by atoms with van der Waals surface area (Å²) < 4.78 is 47.9. The number of ether oxygens (including phenoxy) is 1. The normalized spacial score (nSPS) is 16.1. The topological polar surface area (TPSA) is 81.5 Å². The minimum Gasteiger partial charge on any atom is -0.376 e. The second-order valence-corrected chi connectivity index (χ2v) is 13.0. The number of nitrogens with zero attached hydrogens (tertiary/aromatic N) is 3. The molecule has 3 aromatic rings. The summed E-state index contributed by atoms with van der Waals surface area (Å²) in [6.45, 7) is 7.71. The van der Waals surface area contributed by atoms with E-state index in [2.05, 4.69) is 4.98 Å². The number of carbonyl (C=O) groups is 1. The van der Waals surface area contributed by atoms with Crippen LogP contribution in [-0.4, -0.2) is 48.0 Å². The highest BCUT2D eigenvalue weighted by molar-refractivity contribution is 7.90. The van der Waals surface area contributed by atoms with E-state index in [1.54, 1.807) is 15.7 Å². The number of halogens is 1. The number of rotatable bonds is 10. The van der Waals surface area contributed by atoms with Crippen molar-refractivity contribution in [2.75, 3.05) is 13.2 Å². The van der Waals surface area contributed by atoms with Crippen molar-refractivity contribution in [3.8, 4) is 0 Å². The van der Waals surface area contributed by atoms with Crippen molar-refractivity contribution in [2.24, 2.45) is 5.41 Å². The number of carbonyl (C=O) groups excluding carboxylic acids is 1. The lowest BCUT2D eigenvalue weighted by Gasteiger charge is -2.29. The molecule has 2 heterocycles. The lowest BCUT2D eigenvalue weighted by Crippen LogP contribution is -2.39. The molecule has 9 heteroatoms. The van der Waals surface area contributed by atoms with Crippen molar-refractivity contribution < 1.29 is 22.3 Å². The van der Waals surface area contributed by atoms with Gasteiger partial charge in [0.25, 0.3) is 0 Å².